The molecular formula is C12H24O4. The topological polar surface area (TPSA) is 36.9 Å². The minimum Gasteiger partial charge on any atom is -0.376 e. The van der Waals surface area contributed by atoms with Crippen molar-refractivity contribution in [3.05, 3.63) is 0 Å². The van der Waals surface area contributed by atoms with Gasteiger partial charge in [-0.1, -0.05) is 0 Å². The molecule has 2 unspecified atom stereocenters. The molecule has 0 aromatic heterocycles. The Morgan fingerprint density at radius 1 is 0.938 bits per heavy atom. The molecule has 2 atom stereocenters. The lowest BCUT2D eigenvalue weighted by Crippen LogP contribution is -2.41. The predicted octanol–water partition coefficient (Wildman–Crippen LogP) is 1.62. The Morgan fingerprint density at radius 2 is 1.38 bits per heavy atom. The van der Waals surface area contributed by atoms with Crippen molar-refractivity contribution in [3.8, 4) is 0 Å². The molecule has 0 bridgehead atoms. The third-order valence-corrected chi connectivity index (χ3v) is 2.22. The second-order valence-corrected chi connectivity index (χ2v) is 4.68. The Hall–Kier alpha value is -0.160. The van der Waals surface area contributed by atoms with Crippen LogP contribution in [-0.4, -0.2) is 50.8 Å². The van der Waals surface area contributed by atoms with E-state index < -0.39 is 0 Å². The summed E-state index contributed by atoms with van der Waals surface area (Å²) in [6.45, 7) is 10.5. The molecule has 16 heavy (non-hydrogen) atoms. The van der Waals surface area contributed by atoms with Crippen LogP contribution in [0, 0.1) is 0 Å². The van der Waals surface area contributed by atoms with Crippen LogP contribution in [0.15, 0.2) is 0 Å². The van der Waals surface area contributed by atoms with Crippen molar-refractivity contribution in [2.45, 2.75) is 52.1 Å². The average molecular weight is 232 g/mol. The van der Waals surface area contributed by atoms with Crippen LogP contribution in [0.1, 0.15) is 27.7 Å². The lowest BCUT2D eigenvalue weighted by atomic mass is 10.3. The summed E-state index contributed by atoms with van der Waals surface area (Å²) in [6.07, 6.45) is 0.542. The first kappa shape index (κ1) is 13.9. The van der Waals surface area contributed by atoms with E-state index in [1.807, 2.05) is 27.7 Å². The van der Waals surface area contributed by atoms with E-state index in [1.54, 1.807) is 0 Å². The average Bonchev–Trinajstić information content (AvgIpc) is 2.24. The van der Waals surface area contributed by atoms with Crippen molar-refractivity contribution in [2.24, 2.45) is 0 Å². The Bertz CT molecular complexity index is 164. The van der Waals surface area contributed by atoms with Gasteiger partial charge in [0.2, 0.25) is 0 Å². The van der Waals surface area contributed by atoms with Crippen LogP contribution in [0.2, 0.25) is 0 Å². The summed E-state index contributed by atoms with van der Waals surface area (Å²) < 4.78 is 22.3. The van der Waals surface area contributed by atoms with Gasteiger partial charge < -0.3 is 18.9 Å². The molecule has 4 heteroatoms. The summed E-state index contributed by atoms with van der Waals surface area (Å²) in [5.41, 5.74) is 0. The monoisotopic (exact) mass is 232 g/mol. The zero-order valence-electron chi connectivity index (χ0n) is 10.8. The maximum Gasteiger partial charge on any atom is 0.105 e. The zero-order valence-corrected chi connectivity index (χ0v) is 10.8. The number of rotatable bonds is 6. The molecule has 0 radical (unpaired) electrons. The summed E-state index contributed by atoms with van der Waals surface area (Å²) in [6, 6.07) is 0. The second-order valence-electron chi connectivity index (χ2n) is 4.68. The van der Waals surface area contributed by atoms with Gasteiger partial charge in [-0.25, -0.2) is 0 Å². The Balaban J connectivity index is 2.19. The van der Waals surface area contributed by atoms with Crippen molar-refractivity contribution >= 4 is 0 Å². The molecule has 0 amide bonds. The minimum absolute atomic E-state index is 0.0388. The largest absolute Gasteiger partial charge is 0.376 e. The highest BCUT2D eigenvalue weighted by molar-refractivity contribution is 4.68. The molecule has 96 valence electrons. The fraction of sp³-hybridized carbons (Fsp3) is 1.00. The summed E-state index contributed by atoms with van der Waals surface area (Å²) in [5, 5.41) is 0. The van der Waals surface area contributed by atoms with Crippen molar-refractivity contribution < 1.29 is 18.9 Å². The van der Waals surface area contributed by atoms with Crippen LogP contribution in [0.25, 0.3) is 0 Å². The lowest BCUT2D eigenvalue weighted by Gasteiger charge is -2.30. The Kier molecular flexibility index (Phi) is 6.28. The van der Waals surface area contributed by atoms with Gasteiger partial charge in [0.25, 0.3) is 0 Å². The van der Waals surface area contributed by atoms with Gasteiger partial charge in [-0.2, -0.15) is 0 Å². The molecule has 1 fully saturated rings. The summed E-state index contributed by atoms with van der Waals surface area (Å²) in [5.74, 6) is 0. The minimum atomic E-state index is 0.0388. The maximum absolute atomic E-state index is 5.81. The van der Waals surface area contributed by atoms with Gasteiger partial charge in [0.1, 0.15) is 12.2 Å². The van der Waals surface area contributed by atoms with Crippen LogP contribution in [0.3, 0.4) is 0 Å². The highest BCUT2D eigenvalue weighted by Crippen LogP contribution is 2.10. The number of hydrogen-bond acceptors (Lipinski definition) is 4. The first-order valence-electron chi connectivity index (χ1n) is 6.04. The first-order valence-corrected chi connectivity index (χ1v) is 6.04. The van der Waals surface area contributed by atoms with Crippen LogP contribution >= 0.6 is 0 Å². The maximum atomic E-state index is 5.81. The highest BCUT2D eigenvalue weighted by atomic mass is 16.6. The molecule has 0 aliphatic carbocycles. The molecular weight excluding hydrogens is 208 g/mol. The van der Waals surface area contributed by atoms with Crippen molar-refractivity contribution in [3.63, 3.8) is 0 Å². The van der Waals surface area contributed by atoms with E-state index in [4.69, 9.17) is 18.9 Å². The molecule has 1 saturated heterocycles. The number of ether oxygens (including phenoxy) is 4. The van der Waals surface area contributed by atoms with Gasteiger partial charge in [0, 0.05) is 0 Å². The Morgan fingerprint density at radius 3 is 1.75 bits per heavy atom. The quantitative estimate of drug-likeness (QED) is 0.697. The molecule has 0 spiro atoms. The fourth-order valence-corrected chi connectivity index (χ4v) is 1.46. The van der Waals surface area contributed by atoms with Crippen LogP contribution in [-0.2, 0) is 18.9 Å². The summed E-state index contributed by atoms with van der Waals surface area (Å²) in [7, 11) is 0. The van der Waals surface area contributed by atoms with Gasteiger partial charge >= 0.3 is 0 Å². The highest BCUT2D eigenvalue weighted by Gasteiger charge is 2.23. The van der Waals surface area contributed by atoms with Gasteiger partial charge in [-0.05, 0) is 27.7 Å². The summed E-state index contributed by atoms with van der Waals surface area (Å²) in [4.78, 5) is 0. The van der Waals surface area contributed by atoms with E-state index >= 15 is 0 Å². The van der Waals surface area contributed by atoms with Crippen LogP contribution < -0.4 is 0 Å². The SMILES string of the molecule is CC(C)OCC1COCC(COC(C)C)O1. The third kappa shape index (κ3) is 5.80. The van der Waals surface area contributed by atoms with Gasteiger partial charge in [-0.3, -0.25) is 0 Å². The van der Waals surface area contributed by atoms with E-state index in [9.17, 15) is 0 Å². The first-order chi connectivity index (χ1) is 7.58. The number of hydrogen-bond donors (Lipinski definition) is 0. The van der Waals surface area contributed by atoms with Gasteiger partial charge in [0.05, 0.1) is 38.6 Å². The molecule has 4 nitrogen and oxygen atoms in total. The second kappa shape index (κ2) is 7.22. The van der Waals surface area contributed by atoms with Crippen LogP contribution in [0.5, 0.6) is 0 Å². The molecule has 0 aromatic carbocycles. The van der Waals surface area contributed by atoms with Crippen molar-refractivity contribution in [1.29, 1.82) is 0 Å². The van der Waals surface area contributed by atoms with E-state index in [0.29, 0.717) is 26.4 Å². The van der Waals surface area contributed by atoms with Crippen molar-refractivity contribution in [1.82, 2.24) is 0 Å². The van der Waals surface area contributed by atoms with E-state index in [2.05, 4.69) is 0 Å². The van der Waals surface area contributed by atoms with Crippen molar-refractivity contribution in [2.75, 3.05) is 26.4 Å². The van der Waals surface area contributed by atoms with Gasteiger partial charge in [-0.15, -0.1) is 0 Å². The molecule has 0 saturated carbocycles. The Labute approximate surface area is 98.2 Å². The molecule has 1 aliphatic heterocycles. The molecule has 0 aromatic rings. The zero-order chi connectivity index (χ0) is 12.0. The van der Waals surface area contributed by atoms with E-state index in [-0.39, 0.29) is 24.4 Å². The molecule has 1 rings (SSSR count). The molecule has 0 N–H and O–H groups in total. The summed E-state index contributed by atoms with van der Waals surface area (Å²) >= 11 is 0. The molecule has 1 aliphatic rings. The normalized spacial score (nSPS) is 26.6. The molecule has 1 heterocycles. The predicted molar refractivity (Wildman–Crippen MR) is 61.7 cm³/mol. The third-order valence-electron chi connectivity index (χ3n) is 2.22. The standard InChI is InChI=1S/C12H24O4/c1-9(2)14-7-11-5-13-6-12(16-11)8-15-10(3)4/h9-12H,5-8H2,1-4H3. The van der Waals surface area contributed by atoms with Crippen LogP contribution in [0.4, 0.5) is 0 Å². The van der Waals surface area contributed by atoms with Gasteiger partial charge in [0.15, 0.2) is 0 Å². The van der Waals surface area contributed by atoms with E-state index in [1.165, 1.54) is 0 Å². The van der Waals surface area contributed by atoms with E-state index in [0.717, 1.165) is 0 Å². The lowest BCUT2D eigenvalue weighted by molar-refractivity contribution is -0.179. The smallest absolute Gasteiger partial charge is 0.105 e. The fourth-order valence-electron chi connectivity index (χ4n) is 1.46.